The molecule has 0 amide bonds. The van der Waals surface area contributed by atoms with Crippen LogP contribution in [0.15, 0.2) is 267 Å². The summed E-state index contributed by atoms with van der Waals surface area (Å²) in [5, 5.41) is 0. The zero-order chi connectivity index (χ0) is 59.5. The van der Waals surface area contributed by atoms with E-state index in [1.807, 2.05) is 191 Å². The second kappa shape index (κ2) is 26.0. The van der Waals surface area contributed by atoms with E-state index in [2.05, 4.69) is 38.1 Å². The second-order valence-electron chi connectivity index (χ2n) is 21.4. The molecule has 0 N–H and O–H groups in total. The third kappa shape index (κ3) is 14.7. The van der Waals surface area contributed by atoms with Crippen LogP contribution in [0.4, 0.5) is 0 Å². The molecule has 0 fully saturated rings. The minimum atomic E-state index is -0.257. The highest BCUT2D eigenvalue weighted by Gasteiger charge is 2.24. The number of rotatable bonds is 18. The van der Waals surface area contributed by atoms with Crippen molar-refractivity contribution in [2.24, 2.45) is 0 Å². The fourth-order valence-electron chi connectivity index (χ4n) is 9.38. The van der Waals surface area contributed by atoms with Gasteiger partial charge in [0.05, 0.1) is 0 Å². The lowest BCUT2D eigenvalue weighted by molar-refractivity contribution is 0.103. The van der Waals surface area contributed by atoms with Crippen LogP contribution in [-0.4, -0.2) is 23.1 Å². The molecule has 0 spiro atoms. The van der Waals surface area contributed by atoms with Crippen molar-refractivity contribution in [1.82, 2.24) is 0 Å². The maximum absolute atomic E-state index is 12.8. The van der Waals surface area contributed by atoms with Gasteiger partial charge in [-0.3, -0.25) is 19.2 Å². The molecular formula is C77H62O8. The van der Waals surface area contributed by atoms with Crippen LogP contribution in [0.25, 0.3) is 0 Å². The molecule has 8 heteroatoms. The topological polar surface area (TPSA) is 105 Å². The van der Waals surface area contributed by atoms with Gasteiger partial charge in [-0.25, -0.2) is 0 Å². The summed E-state index contributed by atoms with van der Waals surface area (Å²) < 4.78 is 24.1. The van der Waals surface area contributed by atoms with Crippen molar-refractivity contribution in [1.29, 1.82) is 0 Å². The van der Waals surface area contributed by atoms with Crippen molar-refractivity contribution < 1.29 is 38.1 Å². The summed E-state index contributed by atoms with van der Waals surface area (Å²) >= 11 is 0. The van der Waals surface area contributed by atoms with Gasteiger partial charge >= 0.3 is 0 Å². The van der Waals surface area contributed by atoms with Crippen LogP contribution in [0, 0.1) is 27.7 Å². The number of benzene rings is 11. The van der Waals surface area contributed by atoms with Gasteiger partial charge in [0, 0.05) is 56.0 Å². The molecule has 0 heterocycles. The molecule has 11 aromatic rings. The van der Waals surface area contributed by atoms with Crippen LogP contribution in [0.3, 0.4) is 0 Å². The minimum absolute atomic E-state index is 0.0105. The number of carbonyl (C=O) groups excluding carboxylic acids is 4. The lowest BCUT2D eigenvalue weighted by Gasteiger charge is -2.26. The van der Waals surface area contributed by atoms with E-state index in [0.29, 0.717) is 79.0 Å². The maximum atomic E-state index is 12.8. The fourth-order valence-corrected chi connectivity index (χ4v) is 9.38. The van der Waals surface area contributed by atoms with E-state index in [0.717, 1.165) is 44.9 Å². The van der Waals surface area contributed by atoms with Crippen LogP contribution in [0.2, 0.25) is 0 Å². The van der Waals surface area contributed by atoms with Gasteiger partial charge in [0.2, 0.25) is 0 Å². The lowest BCUT2D eigenvalue weighted by Crippen LogP contribution is -2.18. The first-order valence-corrected chi connectivity index (χ1v) is 28.0. The number of hydrogen-bond acceptors (Lipinski definition) is 8. The molecule has 0 aliphatic rings. The van der Waals surface area contributed by atoms with Gasteiger partial charge in [0.25, 0.3) is 0 Å². The van der Waals surface area contributed by atoms with Crippen LogP contribution >= 0.6 is 0 Å². The Morgan fingerprint density at radius 1 is 0.235 bits per heavy atom. The Hall–Kier alpha value is -10.7. The van der Waals surface area contributed by atoms with E-state index >= 15 is 0 Å². The third-order valence-corrected chi connectivity index (χ3v) is 14.6. The van der Waals surface area contributed by atoms with Crippen LogP contribution in [-0.2, 0) is 5.41 Å². The van der Waals surface area contributed by atoms with Crippen molar-refractivity contribution in [2.45, 2.75) is 47.0 Å². The number of hydrogen-bond donors (Lipinski definition) is 0. The molecule has 11 rings (SSSR count). The largest absolute Gasteiger partial charge is 0.457 e. The number of ketones is 4. The predicted molar refractivity (Wildman–Crippen MR) is 336 cm³/mol. The van der Waals surface area contributed by atoms with Crippen molar-refractivity contribution in [2.75, 3.05) is 0 Å². The molecule has 0 radical (unpaired) electrons. The molecule has 0 atom stereocenters. The Bertz CT molecular complexity index is 3830. The monoisotopic (exact) mass is 1110 g/mol. The van der Waals surface area contributed by atoms with E-state index in [4.69, 9.17) is 18.9 Å². The van der Waals surface area contributed by atoms with Crippen LogP contribution < -0.4 is 18.9 Å². The third-order valence-electron chi connectivity index (χ3n) is 14.6. The highest BCUT2D eigenvalue weighted by molar-refractivity contribution is 6.11. The number of carbonyl (C=O) groups is 4. The first kappa shape index (κ1) is 57.5. The molecule has 0 aliphatic heterocycles. The van der Waals surface area contributed by atoms with E-state index < -0.39 is 0 Å². The van der Waals surface area contributed by atoms with Gasteiger partial charge < -0.3 is 18.9 Å². The lowest BCUT2D eigenvalue weighted by atomic mass is 9.78. The zero-order valence-corrected chi connectivity index (χ0v) is 48.2. The summed E-state index contributed by atoms with van der Waals surface area (Å²) in [5.74, 6) is 5.13. The Balaban J connectivity index is 0.000000193. The maximum Gasteiger partial charge on any atom is 0.193 e. The molecule has 0 saturated carbocycles. The normalized spacial score (nSPS) is 10.9. The van der Waals surface area contributed by atoms with Crippen molar-refractivity contribution in [3.05, 3.63) is 345 Å². The predicted octanol–water partition coefficient (Wildman–Crippen LogP) is 19.0. The summed E-state index contributed by atoms with van der Waals surface area (Å²) in [5.41, 5.74) is 11.6. The Morgan fingerprint density at radius 2 is 0.412 bits per heavy atom. The highest BCUT2D eigenvalue weighted by Crippen LogP contribution is 2.36. The minimum Gasteiger partial charge on any atom is -0.457 e. The summed E-state index contributed by atoms with van der Waals surface area (Å²) in [7, 11) is 0. The van der Waals surface area contributed by atoms with Crippen molar-refractivity contribution in [3.63, 3.8) is 0 Å². The molecule has 11 aromatic carbocycles. The molecule has 418 valence electrons. The van der Waals surface area contributed by atoms with Gasteiger partial charge in [-0.05, 0) is 172 Å². The first-order chi connectivity index (χ1) is 41.1. The van der Waals surface area contributed by atoms with Gasteiger partial charge in [0.15, 0.2) is 23.1 Å². The average Bonchev–Trinajstić information content (AvgIpc) is 3.73. The zero-order valence-electron chi connectivity index (χ0n) is 48.2. The van der Waals surface area contributed by atoms with Crippen molar-refractivity contribution in [3.8, 4) is 46.0 Å². The smallest absolute Gasteiger partial charge is 0.193 e. The van der Waals surface area contributed by atoms with E-state index in [1.165, 1.54) is 0 Å². The van der Waals surface area contributed by atoms with E-state index in [-0.39, 0.29) is 28.5 Å². The average molecular weight is 1120 g/mol. The van der Waals surface area contributed by atoms with E-state index in [9.17, 15) is 19.2 Å². The Morgan fingerprint density at radius 3 is 0.624 bits per heavy atom. The Labute approximate surface area is 496 Å². The van der Waals surface area contributed by atoms with Crippen molar-refractivity contribution >= 4 is 23.1 Å². The summed E-state index contributed by atoms with van der Waals surface area (Å²) in [6, 6.07) is 82.3. The molecule has 0 saturated heterocycles. The fraction of sp³-hybridized carbons (Fsp3) is 0.0909. The standard InChI is InChI=1S/C43H36O4.C34H26O4/c1-29-5-9-31(10-6-29)41(44)33-13-21-37(22-14-33)46-39-25-17-35(18-26-39)43(3,4)36-19-27-40(28-20-36)47-38-23-15-34(16-24-38)42(45)32-11-7-30(2)8-12-32;1-23-6-10-25(11-7-23)33(35)27-14-18-29(19-15-27)37-31-4-3-5-32(22-31)38-30-20-16-28(17-21-30)34(36)26-12-8-24(2)9-13-26/h5-28H,1-4H3;3-22H,1-2H3. The molecule has 0 aliphatic carbocycles. The van der Waals surface area contributed by atoms with Crippen LogP contribution in [0.5, 0.6) is 46.0 Å². The van der Waals surface area contributed by atoms with Gasteiger partial charge in [-0.15, -0.1) is 0 Å². The van der Waals surface area contributed by atoms with Crippen LogP contribution in [0.1, 0.15) is 111 Å². The van der Waals surface area contributed by atoms with E-state index in [1.54, 1.807) is 78.9 Å². The summed E-state index contributed by atoms with van der Waals surface area (Å²) in [6.45, 7) is 12.4. The molecule has 85 heavy (non-hydrogen) atoms. The molecule has 0 aromatic heterocycles. The first-order valence-electron chi connectivity index (χ1n) is 28.0. The second-order valence-corrected chi connectivity index (χ2v) is 21.4. The highest BCUT2D eigenvalue weighted by atomic mass is 16.5. The number of ether oxygens (including phenoxy) is 4. The number of aryl methyl sites for hydroxylation is 4. The quantitative estimate of drug-likeness (QED) is 0.0783. The Kier molecular flexibility index (Phi) is 17.6. The SMILES string of the molecule is Cc1ccc(C(=O)c2ccc(Oc3ccc(C(C)(C)c4ccc(Oc5ccc(C(=O)c6ccc(C)cc6)cc5)cc4)cc3)cc2)cc1.Cc1ccc(C(=O)c2ccc(Oc3cccc(Oc4ccc(C(=O)c5ccc(C)cc5)cc4)c3)cc2)cc1. The van der Waals surface area contributed by atoms with Gasteiger partial charge in [-0.2, -0.15) is 0 Å². The summed E-state index contributed by atoms with van der Waals surface area (Å²) in [6.07, 6.45) is 0. The van der Waals surface area contributed by atoms with Gasteiger partial charge in [0.1, 0.15) is 46.0 Å². The molecule has 8 nitrogen and oxygen atoms in total. The molecular weight excluding hydrogens is 1050 g/mol. The molecule has 0 bridgehead atoms. The van der Waals surface area contributed by atoms with Gasteiger partial charge in [-0.1, -0.05) is 163 Å². The summed E-state index contributed by atoms with van der Waals surface area (Å²) in [4.78, 5) is 51.0. The molecule has 0 unspecified atom stereocenters.